The Hall–Kier alpha value is -2.14. The Bertz CT molecular complexity index is 826. The Labute approximate surface area is 169 Å². The minimum absolute atomic E-state index is 0.345. The first-order chi connectivity index (χ1) is 13.2. The van der Waals surface area contributed by atoms with Gasteiger partial charge in [0.25, 0.3) is 0 Å². The number of fused-ring (bicyclic) bond motifs is 1. The number of hydrogen-bond acceptors (Lipinski definition) is 5. The van der Waals surface area contributed by atoms with E-state index in [-0.39, 0.29) is 0 Å². The van der Waals surface area contributed by atoms with Gasteiger partial charge in [-0.3, -0.25) is 0 Å². The minimum atomic E-state index is -0.804. The first-order valence-corrected chi connectivity index (χ1v) is 10.4. The summed E-state index contributed by atoms with van der Waals surface area (Å²) in [6, 6.07) is 8.82. The summed E-state index contributed by atoms with van der Waals surface area (Å²) in [7, 11) is 0. The first kappa shape index (κ1) is 20.6. The predicted octanol–water partition coefficient (Wildman–Crippen LogP) is 4.60. The quantitative estimate of drug-likeness (QED) is 0.764. The third-order valence-electron chi connectivity index (χ3n) is 5.56. The molecule has 1 aliphatic rings. The van der Waals surface area contributed by atoms with Crippen molar-refractivity contribution in [3.63, 3.8) is 0 Å². The van der Waals surface area contributed by atoms with E-state index in [1.54, 1.807) is 0 Å². The second kappa shape index (κ2) is 8.08. The second-order valence-electron chi connectivity index (χ2n) is 8.80. The van der Waals surface area contributed by atoms with Gasteiger partial charge in [0.1, 0.15) is 5.82 Å². The summed E-state index contributed by atoms with van der Waals surface area (Å²) >= 11 is 0. The van der Waals surface area contributed by atoms with Gasteiger partial charge in [-0.05, 0) is 56.2 Å². The van der Waals surface area contributed by atoms with E-state index in [9.17, 15) is 5.11 Å². The molecule has 0 amide bonds. The van der Waals surface area contributed by atoms with E-state index in [2.05, 4.69) is 56.1 Å². The molecule has 0 spiro atoms. The highest BCUT2D eigenvalue weighted by atomic mass is 16.3. The van der Waals surface area contributed by atoms with Crippen molar-refractivity contribution < 1.29 is 5.11 Å². The molecule has 2 aromatic rings. The zero-order chi connectivity index (χ0) is 20.5. The van der Waals surface area contributed by atoms with Gasteiger partial charge >= 0.3 is 0 Å². The number of aromatic nitrogens is 2. The molecule has 5 nitrogen and oxygen atoms in total. The molecule has 0 saturated carbocycles. The lowest BCUT2D eigenvalue weighted by Crippen LogP contribution is -2.32. The van der Waals surface area contributed by atoms with Crippen LogP contribution in [0.25, 0.3) is 0 Å². The van der Waals surface area contributed by atoms with Crippen molar-refractivity contribution in [2.75, 3.05) is 16.8 Å². The number of rotatable bonds is 6. The van der Waals surface area contributed by atoms with E-state index in [4.69, 9.17) is 9.97 Å². The highest BCUT2D eigenvalue weighted by Gasteiger charge is 2.23. The SMILES string of the molecule is CC[C@@H](C)Nc1nc(C(C)C)cc(N2CCc3cc(C(C)(C)O)ccc3C2)n1. The number of nitrogens with one attached hydrogen (secondary N) is 1. The van der Waals surface area contributed by atoms with Crippen LogP contribution in [0.3, 0.4) is 0 Å². The zero-order valence-corrected chi connectivity index (χ0v) is 18.1. The summed E-state index contributed by atoms with van der Waals surface area (Å²) in [6.45, 7) is 14.1. The third-order valence-corrected chi connectivity index (χ3v) is 5.56. The van der Waals surface area contributed by atoms with E-state index >= 15 is 0 Å². The molecule has 152 valence electrons. The molecule has 28 heavy (non-hydrogen) atoms. The first-order valence-electron chi connectivity index (χ1n) is 10.4. The van der Waals surface area contributed by atoms with Gasteiger partial charge < -0.3 is 15.3 Å². The monoisotopic (exact) mass is 382 g/mol. The summed E-state index contributed by atoms with van der Waals surface area (Å²) < 4.78 is 0. The largest absolute Gasteiger partial charge is 0.386 e. The van der Waals surface area contributed by atoms with Crippen LogP contribution in [0.4, 0.5) is 11.8 Å². The van der Waals surface area contributed by atoms with Gasteiger partial charge in [0.2, 0.25) is 5.95 Å². The maximum Gasteiger partial charge on any atom is 0.225 e. The van der Waals surface area contributed by atoms with Crippen LogP contribution in [0.1, 0.15) is 76.3 Å². The number of anilines is 2. The summed E-state index contributed by atoms with van der Waals surface area (Å²) in [4.78, 5) is 11.9. The maximum absolute atomic E-state index is 10.3. The fourth-order valence-electron chi connectivity index (χ4n) is 3.43. The molecule has 3 rings (SSSR count). The van der Waals surface area contributed by atoms with Crippen LogP contribution in [-0.4, -0.2) is 27.7 Å². The number of hydrogen-bond donors (Lipinski definition) is 2. The van der Waals surface area contributed by atoms with Crippen LogP contribution in [0.5, 0.6) is 0 Å². The molecule has 2 N–H and O–H groups in total. The normalized spacial score (nSPS) is 15.5. The van der Waals surface area contributed by atoms with Crippen molar-refractivity contribution in [2.24, 2.45) is 0 Å². The van der Waals surface area contributed by atoms with Gasteiger partial charge in [0.05, 0.1) is 11.3 Å². The lowest BCUT2D eigenvalue weighted by atomic mass is 9.91. The fraction of sp³-hybridized carbons (Fsp3) is 0.565. The molecule has 1 atom stereocenters. The van der Waals surface area contributed by atoms with Gasteiger partial charge in [-0.2, -0.15) is 4.98 Å². The topological polar surface area (TPSA) is 61.3 Å². The van der Waals surface area contributed by atoms with Gasteiger partial charge in [-0.25, -0.2) is 4.98 Å². The van der Waals surface area contributed by atoms with E-state index in [0.29, 0.717) is 12.0 Å². The Kier molecular flexibility index (Phi) is 5.94. The minimum Gasteiger partial charge on any atom is -0.386 e. The van der Waals surface area contributed by atoms with Crippen molar-refractivity contribution in [3.8, 4) is 0 Å². The van der Waals surface area contributed by atoms with Crippen LogP contribution >= 0.6 is 0 Å². The maximum atomic E-state index is 10.3. The average Bonchev–Trinajstić information content (AvgIpc) is 2.66. The molecule has 2 heterocycles. The van der Waals surface area contributed by atoms with E-state index in [1.165, 1.54) is 11.1 Å². The highest BCUT2D eigenvalue weighted by molar-refractivity contribution is 5.49. The standard InChI is InChI=1S/C23H34N4O/c1-7-16(4)24-22-25-20(15(2)3)13-21(26-22)27-11-10-17-12-19(23(5,6)28)9-8-18(17)14-27/h8-9,12-13,15-16,28H,7,10-11,14H2,1-6H3,(H,24,25,26)/t16-/m1/s1. The van der Waals surface area contributed by atoms with Crippen LogP contribution in [0, 0.1) is 0 Å². The van der Waals surface area contributed by atoms with Crippen LogP contribution in [0.15, 0.2) is 24.3 Å². The van der Waals surface area contributed by atoms with Gasteiger partial charge in [0.15, 0.2) is 0 Å². The van der Waals surface area contributed by atoms with E-state index in [0.717, 1.165) is 49.0 Å². The highest BCUT2D eigenvalue weighted by Crippen LogP contribution is 2.29. The van der Waals surface area contributed by atoms with Crippen LogP contribution in [0.2, 0.25) is 0 Å². The van der Waals surface area contributed by atoms with E-state index < -0.39 is 5.60 Å². The molecule has 1 aromatic carbocycles. The molecule has 0 saturated heterocycles. The Balaban J connectivity index is 1.88. The summed E-state index contributed by atoms with van der Waals surface area (Å²) in [5, 5.41) is 13.7. The van der Waals surface area contributed by atoms with Crippen molar-refractivity contribution in [1.29, 1.82) is 0 Å². The second-order valence-corrected chi connectivity index (χ2v) is 8.80. The zero-order valence-electron chi connectivity index (χ0n) is 18.1. The Morgan fingerprint density at radius 3 is 2.54 bits per heavy atom. The summed E-state index contributed by atoms with van der Waals surface area (Å²) in [6.07, 6.45) is 1.99. The van der Waals surface area contributed by atoms with Crippen molar-refractivity contribution in [2.45, 2.75) is 78.5 Å². The molecule has 1 aliphatic heterocycles. The molecular formula is C23H34N4O. The fourth-order valence-corrected chi connectivity index (χ4v) is 3.43. The lowest BCUT2D eigenvalue weighted by Gasteiger charge is -2.31. The summed E-state index contributed by atoms with van der Waals surface area (Å²) in [5.74, 6) is 2.06. The Morgan fingerprint density at radius 1 is 1.14 bits per heavy atom. The smallest absolute Gasteiger partial charge is 0.225 e. The Morgan fingerprint density at radius 2 is 1.89 bits per heavy atom. The van der Waals surface area contributed by atoms with Crippen molar-refractivity contribution in [3.05, 3.63) is 46.6 Å². The lowest BCUT2D eigenvalue weighted by molar-refractivity contribution is 0.0785. The van der Waals surface area contributed by atoms with Crippen LogP contribution < -0.4 is 10.2 Å². The molecule has 0 radical (unpaired) electrons. The molecular weight excluding hydrogens is 348 g/mol. The van der Waals surface area contributed by atoms with Crippen LogP contribution in [-0.2, 0) is 18.6 Å². The average molecular weight is 383 g/mol. The number of nitrogens with zero attached hydrogens (tertiary/aromatic N) is 3. The molecule has 0 aliphatic carbocycles. The number of aliphatic hydroxyl groups is 1. The summed E-state index contributed by atoms with van der Waals surface area (Å²) in [5.41, 5.74) is 3.87. The molecule has 0 fully saturated rings. The molecule has 0 bridgehead atoms. The van der Waals surface area contributed by atoms with Crippen molar-refractivity contribution >= 4 is 11.8 Å². The van der Waals surface area contributed by atoms with Crippen molar-refractivity contribution in [1.82, 2.24) is 9.97 Å². The van der Waals surface area contributed by atoms with Gasteiger partial charge in [-0.1, -0.05) is 39.0 Å². The molecule has 1 aromatic heterocycles. The van der Waals surface area contributed by atoms with Gasteiger partial charge in [-0.15, -0.1) is 0 Å². The molecule has 5 heteroatoms. The van der Waals surface area contributed by atoms with E-state index in [1.807, 2.05) is 19.9 Å². The molecule has 0 unspecified atom stereocenters. The third kappa shape index (κ3) is 4.64. The number of benzene rings is 1. The van der Waals surface area contributed by atoms with Gasteiger partial charge in [0, 0.05) is 25.2 Å². The predicted molar refractivity (Wildman–Crippen MR) is 116 cm³/mol.